The van der Waals surface area contributed by atoms with Gasteiger partial charge in [-0.1, -0.05) is 0 Å². The van der Waals surface area contributed by atoms with E-state index in [1.165, 1.54) is 0 Å². The standard InChI is InChI=1S/C4H11NO3.C3H9N/c5-4(1-6,2-7)3-8;1-4(2)3/h6-8H,1-3,5H2;1-3H3. The molecule has 0 atom stereocenters. The fourth-order valence-corrected chi connectivity index (χ4v) is 0.150. The number of aliphatic hydroxyl groups is 3. The van der Waals surface area contributed by atoms with Crippen LogP contribution in [0.1, 0.15) is 0 Å². The summed E-state index contributed by atoms with van der Waals surface area (Å²) in [5, 5.41) is 25.0. The van der Waals surface area contributed by atoms with E-state index in [-0.39, 0.29) is 0 Å². The van der Waals surface area contributed by atoms with E-state index in [0.29, 0.717) is 0 Å². The fraction of sp³-hybridized carbons (Fsp3) is 1.00. The Bertz CT molecular complexity index is 83.6. The first-order valence-corrected chi connectivity index (χ1v) is 3.64. The van der Waals surface area contributed by atoms with Gasteiger partial charge in [0.05, 0.1) is 25.4 Å². The molecule has 5 heteroatoms. The Labute approximate surface area is 73.4 Å². The third-order valence-electron chi connectivity index (χ3n) is 0.945. The zero-order chi connectivity index (χ0) is 10.2. The molecule has 5 N–H and O–H groups in total. The zero-order valence-electron chi connectivity index (χ0n) is 7.99. The van der Waals surface area contributed by atoms with Crippen LogP contribution in [0.2, 0.25) is 0 Å². The van der Waals surface area contributed by atoms with Crippen molar-refractivity contribution in [3.8, 4) is 0 Å². The second-order valence-electron chi connectivity index (χ2n) is 3.18. The van der Waals surface area contributed by atoms with Crippen molar-refractivity contribution in [2.75, 3.05) is 41.0 Å². The van der Waals surface area contributed by atoms with Gasteiger partial charge in [0.15, 0.2) is 0 Å². The highest BCUT2D eigenvalue weighted by molar-refractivity contribution is 4.80. The predicted molar refractivity (Wildman–Crippen MR) is 47.8 cm³/mol. The van der Waals surface area contributed by atoms with E-state index in [1.54, 1.807) is 0 Å². The van der Waals surface area contributed by atoms with Crippen LogP contribution in [0.5, 0.6) is 0 Å². The molecule has 0 aliphatic rings. The molecule has 0 amide bonds. The Kier molecular flexibility index (Phi) is 8.90. The van der Waals surface area contributed by atoms with E-state index in [4.69, 9.17) is 21.1 Å². The van der Waals surface area contributed by atoms with Gasteiger partial charge in [0.2, 0.25) is 0 Å². The largest absolute Gasteiger partial charge is 0.394 e. The minimum Gasteiger partial charge on any atom is -0.394 e. The van der Waals surface area contributed by atoms with Crippen LogP contribution in [-0.2, 0) is 0 Å². The van der Waals surface area contributed by atoms with Crippen LogP contribution in [0.4, 0.5) is 0 Å². The van der Waals surface area contributed by atoms with Crippen LogP contribution >= 0.6 is 0 Å². The molecule has 0 fully saturated rings. The zero-order valence-corrected chi connectivity index (χ0v) is 7.99. The third-order valence-corrected chi connectivity index (χ3v) is 0.945. The van der Waals surface area contributed by atoms with Gasteiger partial charge < -0.3 is 26.0 Å². The van der Waals surface area contributed by atoms with Crippen molar-refractivity contribution in [1.29, 1.82) is 0 Å². The molecule has 76 valence electrons. The number of rotatable bonds is 3. The first-order chi connectivity index (χ1) is 5.41. The lowest BCUT2D eigenvalue weighted by Crippen LogP contribution is -2.50. The summed E-state index contributed by atoms with van der Waals surface area (Å²) in [6.45, 7) is -1.21. The summed E-state index contributed by atoms with van der Waals surface area (Å²) >= 11 is 0. The van der Waals surface area contributed by atoms with Gasteiger partial charge in [0, 0.05) is 0 Å². The van der Waals surface area contributed by atoms with Crippen molar-refractivity contribution in [2.24, 2.45) is 5.73 Å². The molecule has 0 radical (unpaired) electrons. The summed E-state index contributed by atoms with van der Waals surface area (Å²) in [5.74, 6) is 0. The Morgan fingerprint density at radius 1 is 1.00 bits per heavy atom. The molecule has 5 nitrogen and oxygen atoms in total. The maximum Gasteiger partial charge on any atom is 0.0856 e. The van der Waals surface area contributed by atoms with Crippen LogP contribution in [-0.4, -0.2) is 66.7 Å². The fourth-order valence-electron chi connectivity index (χ4n) is 0.150. The lowest BCUT2D eigenvalue weighted by Gasteiger charge is -2.20. The predicted octanol–water partition coefficient (Wildman–Crippen LogP) is -2.16. The minimum atomic E-state index is -1.21. The van der Waals surface area contributed by atoms with Crippen molar-refractivity contribution < 1.29 is 15.3 Å². The van der Waals surface area contributed by atoms with Crippen LogP contribution < -0.4 is 5.73 Å². The van der Waals surface area contributed by atoms with Crippen LogP contribution in [0, 0.1) is 0 Å². The second kappa shape index (κ2) is 7.45. The van der Waals surface area contributed by atoms with Gasteiger partial charge in [-0.3, -0.25) is 0 Å². The molecule has 12 heavy (non-hydrogen) atoms. The van der Waals surface area contributed by atoms with E-state index in [9.17, 15) is 0 Å². The van der Waals surface area contributed by atoms with E-state index in [2.05, 4.69) is 0 Å². The monoisotopic (exact) mass is 180 g/mol. The van der Waals surface area contributed by atoms with Gasteiger partial charge in [0.25, 0.3) is 0 Å². The smallest absolute Gasteiger partial charge is 0.0856 e. The summed E-state index contributed by atoms with van der Waals surface area (Å²) in [4.78, 5) is 2.00. The van der Waals surface area contributed by atoms with Crippen molar-refractivity contribution in [1.82, 2.24) is 4.90 Å². The Morgan fingerprint density at radius 2 is 1.17 bits per heavy atom. The first-order valence-electron chi connectivity index (χ1n) is 3.64. The molecular weight excluding hydrogens is 160 g/mol. The summed E-state index contributed by atoms with van der Waals surface area (Å²) in [7, 11) is 6.00. The molecule has 0 aromatic heterocycles. The summed E-state index contributed by atoms with van der Waals surface area (Å²) in [5.41, 5.74) is 3.94. The van der Waals surface area contributed by atoms with E-state index in [1.807, 2.05) is 26.0 Å². The highest BCUT2D eigenvalue weighted by atomic mass is 16.3. The van der Waals surface area contributed by atoms with Crippen molar-refractivity contribution in [3.05, 3.63) is 0 Å². The SMILES string of the molecule is CN(C)C.NC(CO)(CO)CO. The summed E-state index contributed by atoms with van der Waals surface area (Å²) in [6.07, 6.45) is 0. The molecule has 0 aromatic rings. The Morgan fingerprint density at radius 3 is 1.17 bits per heavy atom. The third kappa shape index (κ3) is 9.80. The highest BCUT2D eigenvalue weighted by Gasteiger charge is 2.20. The van der Waals surface area contributed by atoms with Crippen LogP contribution in [0.25, 0.3) is 0 Å². The maximum atomic E-state index is 8.34. The van der Waals surface area contributed by atoms with Crippen LogP contribution in [0.15, 0.2) is 0 Å². The minimum absolute atomic E-state index is 0.403. The molecule has 0 bridgehead atoms. The van der Waals surface area contributed by atoms with E-state index < -0.39 is 25.4 Å². The molecule has 0 heterocycles. The van der Waals surface area contributed by atoms with Gasteiger partial charge in [-0.05, 0) is 21.1 Å². The Balaban J connectivity index is 0. The topological polar surface area (TPSA) is 90.0 Å². The lowest BCUT2D eigenvalue weighted by atomic mass is 10.1. The molecule has 0 aliphatic heterocycles. The van der Waals surface area contributed by atoms with Crippen molar-refractivity contribution in [3.63, 3.8) is 0 Å². The lowest BCUT2D eigenvalue weighted by molar-refractivity contribution is 0.0698. The van der Waals surface area contributed by atoms with Gasteiger partial charge in [-0.15, -0.1) is 0 Å². The molecule has 0 spiro atoms. The van der Waals surface area contributed by atoms with Gasteiger partial charge in [-0.2, -0.15) is 0 Å². The van der Waals surface area contributed by atoms with Crippen molar-refractivity contribution in [2.45, 2.75) is 5.54 Å². The summed E-state index contributed by atoms with van der Waals surface area (Å²) < 4.78 is 0. The van der Waals surface area contributed by atoms with E-state index in [0.717, 1.165) is 0 Å². The van der Waals surface area contributed by atoms with Gasteiger partial charge >= 0.3 is 0 Å². The van der Waals surface area contributed by atoms with E-state index >= 15 is 0 Å². The van der Waals surface area contributed by atoms with Gasteiger partial charge in [0.1, 0.15) is 0 Å². The summed E-state index contributed by atoms with van der Waals surface area (Å²) in [6, 6.07) is 0. The second-order valence-corrected chi connectivity index (χ2v) is 3.18. The average molecular weight is 180 g/mol. The first kappa shape index (κ1) is 14.3. The normalized spacial score (nSPS) is 11.0. The maximum absolute atomic E-state index is 8.34. The molecular formula is C7H20N2O3. The van der Waals surface area contributed by atoms with Crippen molar-refractivity contribution >= 4 is 0 Å². The molecule has 0 rings (SSSR count). The molecule has 0 unspecified atom stereocenters. The molecule has 0 saturated heterocycles. The molecule has 0 aromatic carbocycles. The highest BCUT2D eigenvalue weighted by Crippen LogP contribution is 1.93. The number of nitrogens with two attached hydrogens (primary N) is 1. The van der Waals surface area contributed by atoms with Crippen LogP contribution in [0.3, 0.4) is 0 Å². The quantitative estimate of drug-likeness (QED) is 0.397. The number of nitrogens with zero attached hydrogens (tertiary/aromatic N) is 1. The van der Waals surface area contributed by atoms with Gasteiger partial charge in [-0.25, -0.2) is 0 Å². The number of aliphatic hydroxyl groups excluding tert-OH is 3. The number of hydrogen-bond acceptors (Lipinski definition) is 5. The molecule has 0 aliphatic carbocycles. The average Bonchev–Trinajstić information content (AvgIpc) is 2.02. The number of hydrogen-bond donors (Lipinski definition) is 4. The Hall–Kier alpha value is -0.200. The molecule has 0 saturated carbocycles.